The summed E-state index contributed by atoms with van der Waals surface area (Å²) in [6.45, 7) is 3.32. The van der Waals surface area contributed by atoms with Crippen LogP contribution in [0.1, 0.15) is 41.9 Å². The number of hydrogen-bond donors (Lipinski definition) is 1. The van der Waals surface area contributed by atoms with Gasteiger partial charge < -0.3 is 18.9 Å². The van der Waals surface area contributed by atoms with Gasteiger partial charge in [-0.15, -0.1) is 10.2 Å². The number of hydrogen-bond acceptors (Lipinski definition) is 12. The number of rotatable bonds is 10. The zero-order valence-corrected chi connectivity index (χ0v) is 23.3. The third-order valence-corrected chi connectivity index (χ3v) is 8.14. The van der Waals surface area contributed by atoms with Crippen molar-refractivity contribution in [2.45, 2.75) is 37.7 Å². The van der Waals surface area contributed by atoms with Gasteiger partial charge >= 0.3 is 0 Å². The van der Waals surface area contributed by atoms with Crippen molar-refractivity contribution in [2.24, 2.45) is 0 Å². The molecule has 0 saturated heterocycles. The van der Waals surface area contributed by atoms with E-state index in [1.54, 1.807) is 12.4 Å². The monoisotopic (exact) mass is 568 g/mol. The van der Waals surface area contributed by atoms with Crippen molar-refractivity contribution < 1.29 is 27.4 Å². The highest BCUT2D eigenvalue weighted by molar-refractivity contribution is 7.93. The van der Waals surface area contributed by atoms with E-state index in [0.29, 0.717) is 12.2 Å². The Kier molecular flexibility index (Phi) is 7.49. The number of sulfonamides is 1. The van der Waals surface area contributed by atoms with E-state index < -0.39 is 27.5 Å². The van der Waals surface area contributed by atoms with Gasteiger partial charge in [0.25, 0.3) is 0 Å². The molecule has 1 aliphatic rings. The Labute approximate surface area is 230 Å². The second-order valence-corrected chi connectivity index (χ2v) is 11.0. The molecule has 0 spiro atoms. The first-order valence-electron chi connectivity index (χ1n) is 12.2. The molecule has 0 radical (unpaired) electrons. The summed E-state index contributed by atoms with van der Waals surface area (Å²) in [4.78, 5) is 16.9. The lowest BCUT2D eigenvalue weighted by atomic mass is 10.1. The fraction of sp³-hybridized carbons (Fsp3) is 0.360. The number of aromatic nitrogens is 7. The van der Waals surface area contributed by atoms with E-state index >= 15 is 0 Å². The Bertz CT molecular complexity index is 1560. The van der Waals surface area contributed by atoms with Crippen LogP contribution in [0.4, 0.5) is 5.95 Å². The summed E-state index contributed by atoms with van der Waals surface area (Å²) in [6.07, 6.45) is 3.37. The van der Waals surface area contributed by atoms with Crippen molar-refractivity contribution in [2.75, 3.05) is 26.1 Å². The molecule has 0 fully saturated rings. The quantitative estimate of drug-likeness (QED) is 0.297. The highest BCUT2D eigenvalue weighted by Crippen LogP contribution is 2.40. The van der Waals surface area contributed by atoms with Crippen LogP contribution in [0, 0.1) is 6.92 Å². The molecule has 14 nitrogen and oxygen atoms in total. The molecule has 3 atom stereocenters. The number of aryl methyl sites for hydroxylation is 1. The second-order valence-electron chi connectivity index (χ2n) is 9.00. The fourth-order valence-electron chi connectivity index (χ4n) is 4.39. The first-order valence-corrected chi connectivity index (χ1v) is 13.8. The number of nitrogens with zero attached hydrogens (tertiary/aromatic N) is 7. The number of methoxy groups -OCH3 is 3. The SMILES string of the molecule is COc1ncnc(OC)c1-n1c(NS(=O)(=O)C(C)C(OC)c2ncc(C)cn2)nnc1[C@@H]1Cc2ccccc2O1. The average Bonchev–Trinajstić information content (AvgIpc) is 3.57. The topological polar surface area (TPSA) is 165 Å². The molecule has 40 heavy (non-hydrogen) atoms. The van der Waals surface area contributed by atoms with Crippen LogP contribution in [0.5, 0.6) is 17.5 Å². The van der Waals surface area contributed by atoms with Gasteiger partial charge in [-0.05, 0) is 31.0 Å². The first kappa shape index (κ1) is 27.2. The van der Waals surface area contributed by atoms with Crippen LogP contribution < -0.4 is 18.9 Å². The molecule has 210 valence electrons. The molecule has 1 aliphatic heterocycles. The molecule has 3 aromatic heterocycles. The van der Waals surface area contributed by atoms with Crippen molar-refractivity contribution in [3.8, 4) is 23.2 Å². The van der Waals surface area contributed by atoms with E-state index in [4.69, 9.17) is 18.9 Å². The van der Waals surface area contributed by atoms with Gasteiger partial charge in [-0.3, -0.25) is 9.29 Å². The van der Waals surface area contributed by atoms with E-state index in [2.05, 4.69) is 34.9 Å². The summed E-state index contributed by atoms with van der Waals surface area (Å²) in [7, 11) is 0.0865. The molecule has 0 saturated carbocycles. The van der Waals surface area contributed by atoms with E-state index in [0.717, 1.165) is 11.1 Å². The number of benzene rings is 1. The molecular formula is C25H28N8O6S. The standard InChI is InChI=1S/C25H28N8O6S/c1-14-11-26-21(27-12-14)20(36-3)15(2)40(34,35)32-25-31-30-22(18-10-16-8-6-7-9-17(16)39-18)33(25)19-23(37-4)28-13-29-24(19)38-5/h6-9,11-13,15,18,20H,10H2,1-5H3,(H,31,32)/t15?,18-,20?/m0/s1. The van der Waals surface area contributed by atoms with Crippen LogP contribution in [-0.4, -0.2) is 69.7 Å². The molecule has 1 N–H and O–H groups in total. The summed E-state index contributed by atoms with van der Waals surface area (Å²) >= 11 is 0. The molecule has 4 heterocycles. The first-order chi connectivity index (χ1) is 19.3. The van der Waals surface area contributed by atoms with Gasteiger partial charge in [0.1, 0.15) is 23.4 Å². The van der Waals surface area contributed by atoms with E-state index in [1.807, 2.05) is 31.2 Å². The van der Waals surface area contributed by atoms with Gasteiger partial charge in [-0.2, -0.15) is 9.97 Å². The maximum absolute atomic E-state index is 13.7. The van der Waals surface area contributed by atoms with Gasteiger partial charge in [0, 0.05) is 25.9 Å². The lowest BCUT2D eigenvalue weighted by Gasteiger charge is -2.23. The summed E-state index contributed by atoms with van der Waals surface area (Å²) in [6, 6.07) is 7.59. The number of nitrogens with one attached hydrogen (secondary N) is 1. The number of ether oxygens (including phenoxy) is 4. The van der Waals surface area contributed by atoms with Crippen molar-refractivity contribution in [1.29, 1.82) is 0 Å². The second kappa shape index (κ2) is 11.0. The van der Waals surface area contributed by atoms with Crippen LogP contribution in [-0.2, 0) is 21.2 Å². The highest BCUT2D eigenvalue weighted by atomic mass is 32.2. The van der Waals surface area contributed by atoms with Gasteiger partial charge in [0.2, 0.25) is 27.7 Å². The number of fused-ring (bicyclic) bond motifs is 1. The molecule has 0 aliphatic carbocycles. The van der Waals surface area contributed by atoms with Crippen molar-refractivity contribution >= 4 is 16.0 Å². The lowest BCUT2D eigenvalue weighted by molar-refractivity contribution is 0.0949. The Morgan fingerprint density at radius 1 is 1.02 bits per heavy atom. The smallest absolute Gasteiger partial charge is 0.245 e. The number of para-hydroxylation sites is 1. The Hall–Kier alpha value is -4.37. The molecule has 5 rings (SSSR count). The molecule has 0 amide bonds. The van der Waals surface area contributed by atoms with Crippen molar-refractivity contribution in [3.63, 3.8) is 0 Å². The average molecular weight is 569 g/mol. The maximum Gasteiger partial charge on any atom is 0.245 e. The normalized spacial score (nSPS) is 16.1. The van der Waals surface area contributed by atoms with Crippen LogP contribution in [0.2, 0.25) is 0 Å². The molecular weight excluding hydrogens is 540 g/mol. The van der Waals surface area contributed by atoms with E-state index in [1.165, 1.54) is 39.1 Å². The van der Waals surface area contributed by atoms with Gasteiger partial charge in [0.05, 0.1) is 14.2 Å². The predicted molar refractivity (Wildman–Crippen MR) is 142 cm³/mol. The molecule has 4 aromatic rings. The lowest BCUT2D eigenvalue weighted by Crippen LogP contribution is -2.33. The highest BCUT2D eigenvalue weighted by Gasteiger charge is 2.37. The van der Waals surface area contributed by atoms with Crippen LogP contribution in [0.15, 0.2) is 43.0 Å². The maximum atomic E-state index is 13.7. The Morgan fingerprint density at radius 3 is 2.33 bits per heavy atom. The van der Waals surface area contributed by atoms with Gasteiger partial charge in [0.15, 0.2) is 23.4 Å². The molecule has 1 aromatic carbocycles. The minimum absolute atomic E-state index is 0.111. The van der Waals surface area contributed by atoms with E-state index in [-0.39, 0.29) is 35.0 Å². The summed E-state index contributed by atoms with van der Waals surface area (Å²) in [5.74, 6) is 1.29. The zero-order chi connectivity index (χ0) is 28.4. The summed E-state index contributed by atoms with van der Waals surface area (Å²) < 4.78 is 54.0. The molecule has 2 unspecified atom stereocenters. The minimum Gasteiger partial charge on any atom is -0.482 e. The largest absolute Gasteiger partial charge is 0.482 e. The predicted octanol–water partition coefficient (Wildman–Crippen LogP) is 2.37. The van der Waals surface area contributed by atoms with Crippen LogP contribution in [0.3, 0.4) is 0 Å². The van der Waals surface area contributed by atoms with Crippen molar-refractivity contribution in [3.05, 3.63) is 65.8 Å². The molecule has 0 bridgehead atoms. The van der Waals surface area contributed by atoms with Crippen molar-refractivity contribution in [1.82, 2.24) is 34.7 Å². The fourth-order valence-corrected chi connectivity index (χ4v) is 5.53. The third kappa shape index (κ3) is 5.00. The molecule has 15 heteroatoms. The minimum atomic E-state index is -4.16. The number of anilines is 1. The Balaban J connectivity index is 1.58. The zero-order valence-electron chi connectivity index (χ0n) is 22.5. The Morgan fingerprint density at radius 2 is 1.70 bits per heavy atom. The van der Waals surface area contributed by atoms with Crippen LogP contribution >= 0.6 is 0 Å². The summed E-state index contributed by atoms with van der Waals surface area (Å²) in [5, 5.41) is 7.39. The summed E-state index contributed by atoms with van der Waals surface area (Å²) in [5.41, 5.74) is 2.00. The third-order valence-electron chi connectivity index (χ3n) is 6.45. The van der Waals surface area contributed by atoms with Gasteiger partial charge in [-0.25, -0.2) is 18.4 Å². The van der Waals surface area contributed by atoms with E-state index in [9.17, 15) is 8.42 Å². The van der Waals surface area contributed by atoms with Crippen LogP contribution in [0.25, 0.3) is 5.69 Å². The van der Waals surface area contributed by atoms with Gasteiger partial charge in [-0.1, -0.05) is 18.2 Å².